The van der Waals surface area contributed by atoms with Crippen molar-refractivity contribution >= 4 is 0 Å². The Balaban J connectivity index is 2.05. The minimum Gasteiger partial charge on any atom is -0.314 e. The Hall–Kier alpha value is -0.160. The zero-order valence-corrected chi connectivity index (χ0v) is 12.1. The van der Waals surface area contributed by atoms with E-state index in [4.69, 9.17) is 0 Å². The molecule has 1 fully saturated rings. The van der Waals surface area contributed by atoms with Gasteiger partial charge in [0, 0.05) is 51.9 Å². The highest BCUT2D eigenvalue weighted by Gasteiger charge is 2.21. The van der Waals surface area contributed by atoms with Gasteiger partial charge in [-0.2, -0.15) is 0 Å². The molecule has 0 aliphatic carbocycles. The van der Waals surface area contributed by atoms with Crippen molar-refractivity contribution in [1.82, 2.24) is 20.0 Å². The Labute approximate surface area is 107 Å². The fourth-order valence-electron chi connectivity index (χ4n) is 2.41. The van der Waals surface area contributed by atoms with Crippen LogP contribution in [0.25, 0.3) is 0 Å². The van der Waals surface area contributed by atoms with Crippen LogP contribution in [0.1, 0.15) is 13.8 Å². The maximum Gasteiger partial charge on any atom is 0.0195 e. The van der Waals surface area contributed by atoms with Crippen molar-refractivity contribution in [3.8, 4) is 0 Å². The van der Waals surface area contributed by atoms with Crippen LogP contribution in [0.15, 0.2) is 0 Å². The molecule has 1 saturated heterocycles. The van der Waals surface area contributed by atoms with Crippen LogP contribution in [0.4, 0.5) is 0 Å². The summed E-state index contributed by atoms with van der Waals surface area (Å²) >= 11 is 0. The lowest BCUT2D eigenvalue weighted by molar-refractivity contribution is 0.0887. The van der Waals surface area contributed by atoms with Gasteiger partial charge in [0.15, 0.2) is 0 Å². The third-order valence-electron chi connectivity index (χ3n) is 3.60. The molecule has 1 rings (SSSR count). The second-order valence-electron chi connectivity index (χ2n) is 5.33. The van der Waals surface area contributed by atoms with Gasteiger partial charge in [0.1, 0.15) is 0 Å². The molecule has 0 bridgehead atoms. The summed E-state index contributed by atoms with van der Waals surface area (Å²) in [6.45, 7) is 14.0. The molecule has 0 amide bonds. The van der Waals surface area contributed by atoms with Crippen LogP contribution in [-0.4, -0.2) is 87.2 Å². The second kappa shape index (κ2) is 8.03. The molecule has 1 heterocycles. The van der Waals surface area contributed by atoms with Crippen LogP contribution in [0.2, 0.25) is 0 Å². The SMILES string of the molecule is CCN1CCN(CCNCCN(C)C)CC1C. The molecule has 0 aromatic rings. The van der Waals surface area contributed by atoms with Crippen LogP contribution in [0, 0.1) is 0 Å². The smallest absolute Gasteiger partial charge is 0.0195 e. The summed E-state index contributed by atoms with van der Waals surface area (Å²) in [4.78, 5) is 7.37. The third-order valence-corrected chi connectivity index (χ3v) is 3.60. The highest BCUT2D eigenvalue weighted by Crippen LogP contribution is 2.07. The normalized spacial score (nSPS) is 23.5. The van der Waals surface area contributed by atoms with E-state index in [1.54, 1.807) is 0 Å². The monoisotopic (exact) mass is 242 g/mol. The average Bonchev–Trinajstić information content (AvgIpc) is 2.28. The molecule has 0 aromatic heterocycles. The summed E-state index contributed by atoms with van der Waals surface area (Å²) in [5, 5.41) is 3.51. The van der Waals surface area contributed by atoms with E-state index < -0.39 is 0 Å². The third kappa shape index (κ3) is 5.82. The highest BCUT2D eigenvalue weighted by atomic mass is 15.3. The first-order chi connectivity index (χ1) is 8.13. The van der Waals surface area contributed by atoms with Crippen molar-refractivity contribution in [3.05, 3.63) is 0 Å². The van der Waals surface area contributed by atoms with Crippen molar-refractivity contribution in [3.63, 3.8) is 0 Å². The van der Waals surface area contributed by atoms with Gasteiger partial charge in [-0.1, -0.05) is 6.92 Å². The van der Waals surface area contributed by atoms with E-state index in [0.29, 0.717) is 0 Å². The molecule has 1 N–H and O–H groups in total. The summed E-state index contributed by atoms with van der Waals surface area (Å²) in [5.41, 5.74) is 0. The van der Waals surface area contributed by atoms with Crippen molar-refractivity contribution in [2.75, 3.05) is 66.5 Å². The number of rotatable bonds is 7. The largest absolute Gasteiger partial charge is 0.314 e. The van der Waals surface area contributed by atoms with Gasteiger partial charge < -0.3 is 10.2 Å². The molecule has 1 aliphatic rings. The van der Waals surface area contributed by atoms with Gasteiger partial charge in [-0.3, -0.25) is 9.80 Å². The Bertz CT molecular complexity index is 196. The van der Waals surface area contributed by atoms with Gasteiger partial charge in [0.2, 0.25) is 0 Å². The van der Waals surface area contributed by atoms with Crippen LogP contribution in [0.5, 0.6) is 0 Å². The van der Waals surface area contributed by atoms with Gasteiger partial charge in [-0.15, -0.1) is 0 Å². The predicted octanol–water partition coefficient (Wildman–Crippen LogP) is 0.164. The van der Waals surface area contributed by atoms with Crippen LogP contribution in [0.3, 0.4) is 0 Å². The summed E-state index contributed by atoms with van der Waals surface area (Å²) in [6, 6.07) is 0.718. The lowest BCUT2D eigenvalue weighted by atomic mass is 10.2. The van der Waals surface area contributed by atoms with E-state index in [0.717, 1.165) is 25.7 Å². The molecule has 0 saturated carbocycles. The van der Waals surface area contributed by atoms with Crippen LogP contribution < -0.4 is 5.32 Å². The van der Waals surface area contributed by atoms with Gasteiger partial charge >= 0.3 is 0 Å². The Kier molecular flexibility index (Phi) is 7.04. The van der Waals surface area contributed by atoms with E-state index in [1.807, 2.05) is 0 Å². The molecule has 1 unspecified atom stereocenters. The van der Waals surface area contributed by atoms with E-state index >= 15 is 0 Å². The fourth-order valence-corrected chi connectivity index (χ4v) is 2.41. The van der Waals surface area contributed by atoms with Crippen molar-refractivity contribution < 1.29 is 0 Å². The minimum absolute atomic E-state index is 0.718. The van der Waals surface area contributed by atoms with Gasteiger partial charge in [-0.05, 0) is 27.6 Å². The lowest BCUT2D eigenvalue weighted by Crippen LogP contribution is -2.52. The number of nitrogens with zero attached hydrogens (tertiary/aromatic N) is 3. The molecule has 1 aliphatic heterocycles. The van der Waals surface area contributed by atoms with Gasteiger partial charge in [-0.25, -0.2) is 0 Å². The standard InChI is InChI=1S/C13H30N4/c1-5-17-11-10-16(12-13(17)2)9-7-14-6-8-15(3)4/h13-14H,5-12H2,1-4H3. The highest BCUT2D eigenvalue weighted by molar-refractivity contribution is 4.78. The first-order valence-electron chi connectivity index (χ1n) is 6.95. The molecule has 0 radical (unpaired) electrons. The zero-order valence-electron chi connectivity index (χ0n) is 12.1. The lowest BCUT2D eigenvalue weighted by Gasteiger charge is -2.39. The molecular formula is C13H30N4. The fraction of sp³-hybridized carbons (Fsp3) is 1.00. The molecule has 4 nitrogen and oxygen atoms in total. The number of nitrogens with one attached hydrogen (secondary N) is 1. The topological polar surface area (TPSA) is 21.8 Å². The Morgan fingerprint density at radius 2 is 2.00 bits per heavy atom. The summed E-state index contributed by atoms with van der Waals surface area (Å²) in [6.07, 6.45) is 0. The molecule has 102 valence electrons. The maximum atomic E-state index is 3.51. The summed E-state index contributed by atoms with van der Waals surface area (Å²) in [5.74, 6) is 0. The first-order valence-corrected chi connectivity index (χ1v) is 6.95. The van der Waals surface area contributed by atoms with Crippen LogP contribution in [-0.2, 0) is 0 Å². The first kappa shape index (κ1) is 14.9. The number of piperazine rings is 1. The molecule has 0 aromatic carbocycles. The molecule has 0 spiro atoms. The second-order valence-corrected chi connectivity index (χ2v) is 5.33. The van der Waals surface area contributed by atoms with E-state index in [1.165, 1.54) is 32.7 Å². The summed E-state index contributed by atoms with van der Waals surface area (Å²) in [7, 11) is 4.24. The number of likely N-dealkylation sites (N-methyl/N-ethyl adjacent to an activating group) is 2. The van der Waals surface area contributed by atoms with Crippen molar-refractivity contribution in [2.45, 2.75) is 19.9 Å². The van der Waals surface area contributed by atoms with Gasteiger partial charge in [0.05, 0.1) is 0 Å². The van der Waals surface area contributed by atoms with Crippen LogP contribution >= 0.6 is 0 Å². The van der Waals surface area contributed by atoms with Crippen molar-refractivity contribution in [1.29, 1.82) is 0 Å². The average molecular weight is 242 g/mol. The Morgan fingerprint density at radius 3 is 2.59 bits per heavy atom. The zero-order chi connectivity index (χ0) is 12.7. The maximum absolute atomic E-state index is 3.51. The van der Waals surface area contributed by atoms with E-state index in [-0.39, 0.29) is 0 Å². The van der Waals surface area contributed by atoms with E-state index in [2.05, 4.69) is 48.0 Å². The molecule has 1 atom stereocenters. The van der Waals surface area contributed by atoms with E-state index in [9.17, 15) is 0 Å². The number of hydrogen-bond acceptors (Lipinski definition) is 4. The van der Waals surface area contributed by atoms with Crippen molar-refractivity contribution in [2.24, 2.45) is 0 Å². The number of hydrogen-bond donors (Lipinski definition) is 1. The van der Waals surface area contributed by atoms with Gasteiger partial charge in [0.25, 0.3) is 0 Å². The summed E-state index contributed by atoms with van der Waals surface area (Å²) < 4.78 is 0. The molecular weight excluding hydrogens is 212 g/mol. The quantitative estimate of drug-likeness (QED) is 0.642. The Morgan fingerprint density at radius 1 is 1.24 bits per heavy atom. The predicted molar refractivity (Wildman–Crippen MR) is 74.6 cm³/mol. The minimum atomic E-state index is 0.718. The molecule has 4 heteroatoms. The molecule has 17 heavy (non-hydrogen) atoms.